The molecular formula is C30H34N4O2. The molecule has 2 amide bonds. The third-order valence-electron chi connectivity index (χ3n) is 6.80. The van der Waals surface area contributed by atoms with Gasteiger partial charge in [0.15, 0.2) is 0 Å². The van der Waals surface area contributed by atoms with Gasteiger partial charge in [-0.15, -0.1) is 0 Å². The lowest BCUT2D eigenvalue weighted by molar-refractivity contribution is 0.187. The second-order valence-electron chi connectivity index (χ2n) is 9.58. The van der Waals surface area contributed by atoms with Gasteiger partial charge in [-0.3, -0.25) is 0 Å². The number of aromatic amines is 1. The predicted molar refractivity (Wildman–Crippen MR) is 144 cm³/mol. The molecule has 1 aliphatic heterocycles. The van der Waals surface area contributed by atoms with E-state index in [4.69, 9.17) is 4.74 Å². The van der Waals surface area contributed by atoms with Crippen LogP contribution in [-0.4, -0.2) is 34.1 Å². The lowest BCUT2D eigenvalue weighted by atomic mass is 10.0. The van der Waals surface area contributed by atoms with Gasteiger partial charge in [-0.05, 0) is 66.3 Å². The number of nitrogens with one attached hydrogen (secondary N) is 2. The maximum Gasteiger partial charge on any atom is 0.318 e. The molecule has 0 atom stereocenters. The van der Waals surface area contributed by atoms with E-state index in [0.29, 0.717) is 26.2 Å². The zero-order chi connectivity index (χ0) is 24.9. The molecule has 0 saturated carbocycles. The number of carbonyl (C=O) groups is 1. The zero-order valence-corrected chi connectivity index (χ0v) is 21.1. The molecule has 5 rings (SSSR count). The first-order valence-electron chi connectivity index (χ1n) is 12.9. The first-order chi connectivity index (χ1) is 17.6. The van der Waals surface area contributed by atoms with Crippen LogP contribution >= 0.6 is 0 Å². The minimum absolute atomic E-state index is 0.0711. The van der Waals surface area contributed by atoms with E-state index in [0.717, 1.165) is 51.3 Å². The van der Waals surface area contributed by atoms with Gasteiger partial charge in [0, 0.05) is 12.1 Å². The van der Waals surface area contributed by atoms with E-state index >= 15 is 0 Å². The molecule has 2 N–H and O–H groups in total. The van der Waals surface area contributed by atoms with Crippen LogP contribution in [0.5, 0.6) is 5.75 Å². The number of amides is 2. The smallest absolute Gasteiger partial charge is 0.318 e. The highest BCUT2D eigenvalue weighted by molar-refractivity contribution is 5.82. The van der Waals surface area contributed by atoms with Crippen LogP contribution in [-0.2, 0) is 19.5 Å². The number of ether oxygens (including phenoxy) is 1. The normalized spacial score (nSPS) is 13.2. The summed E-state index contributed by atoms with van der Waals surface area (Å²) in [5.74, 6) is 1.74. The number of imidazole rings is 1. The first-order valence-corrected chi connectivity index (χ1v) is 12.9. The van der Waals surface area contributed by atoms with Crippen molar-refractivity contribution in [1.29, 1.82) is 0 Å². The van der Waals surface area contributed by atoms with Crippen molar-refractivity contribution < 1.29 is 9.53 Å². The highest BCUT2D eigenvalue weighted by atomic mass is 16.5. The number of fused-ring (bicyclic) bond motifs is 2. The van der Waals surface area contributed by atoms with Crippen molar-refractivity contribution in [3.8, 4) is 16.9 Å². The van der Waals surface area contributed by atoms with Crippen molar-refractivity contribution >= 4 is 17.1 Å². The third-order valence-corrected chi connectivity index (χ3v) is 6.80. The summed E-state index contributed by atoms with van der Waals surface area (Å²) in [6.45, 7) is 6.24. The number of aromatic nitrogens is 2. The summed E-state index contributed by atoms with van der Waals surface area (Å²) in [7, 11) is 0. The summed E-state index contributed by atoms with van der Waals surface area (Å²) in [6.07, 6.45) is 4.84. The highest BCUT2D eigenvalue weighted by Gasteiger charge is 2.20. The number of urea groups is 1. The lowest BCUT2D eigenvalue weighted by Crippen LogP contribution is -2.40. The zero-order valence-electron chi connectivity index (χ0n) is 21.1. The maximum absolute atomic E-state index is 13.0. The number of rotatable bonds is 7. The Morgan fingerprint density at radius 2 is 1.81 bits per heavy atom. The quantitative estimate of drug-likeness (QED) is 0.301. The Morgan fingerprint density at radius 1 is 1.03 bits per heavy atom. The van der Waals surface area contributed by atoms with Crippen molar-refractivity contribution in [3.63, 3.8) is 0 Å². The summed E-state index contributed by atoms with van der Waals surface area (Å²) in [5, 5.41) is 3.09. The number of aryl methyl sites for hydroxylation is 2. The molecular weight excluding hydrogens is 448 g/mol. The average molecular weight is 483 g/mol. The van der Waals surface area contributed by atoms with E-state index in [1.165, 1.54) is 24.8 Å². The van der Waals surface area contributed by atoms with Gasteiger partial charge in [-0.2, -0.15) is 0 Å². The van der Waals surface area contributed by atoms with Crippen LogP contribution in [0.15, 0.2) is 60.7 Å². The predicted octanol–water partition coefficient (Wildman–Crippen LogP) is 6.38. The van der Waals surface area contributed by atoms with Crippen molar-refractivity contribution in [2.24, 2.45) is 0 Å². The standard InChI is InChI=1S/C30H34N4O2/c1-3-4-5-6-22-7-9-23(10-8-22)19-31-30(35)34-15-16-36-29-14-12-24(17-26(29)20-34)25-11-13-27-28(18-25)33-21(2)32-27/h7-14,17-18H,3-6,15-16,19-20H2,1-2H3,(H,31,35)(H,32,33). The molecule has 0 bridgehead atoms. The summed E-state index contributed by atoms with van der Waals surface area (Å²) in [6, 6.07) is 21.0. The average Bonchev–Trinajstić information content (AvgIpc) is 3.13. The van der Waals surface area contributed by atoms with Gasteiger partial charge < -0.3 is 19.9 Å². The Labute approximate surface area is 212 Å². The van der Waals surface area contributed by atoms with E-state index in [9.17, 15) is 4.79 Å². The molecule has 2 heterocycles. The molecule has 3 aromatic carbocycles. The minimum Gasteiger partial charge on any atom is -0.491 e. The van der Waals surface area contributed by atoms with Gasteiger partial charge in [-0.25, -0.2) is 9.78 Å². The SMILES string of the molecule is CCCCCc1ccc(CNC(=O)N2CCOc3ccc(-c4ccc5nc(C)[nH]c5c4)cc3C2)cc1. The molecule has 1 aliphatic rings. The summed E-state index contributed by atoms with van der Waals surface area (Å²) >= 11 is 0. The molecule has 0 fully saturated rings. The van der Waals surface area contributed by atoms with Crippen LogP contribution in [0.25, 0.3) is 22.2 Å². The van der Waals surface area contributed by atoms with Gasteiger partial charge in [0.1, 0.15) is 18.2 Å². The fourth-order valence-electron chi connectivity index (χ4n) is 4.76. The largest absolute Gasteiger partial charge is 0.491 e. The molecule has 0 spiro atoms. The van der Waals surface area contributed by atoms with Crippen molar-refractivity contribution in [3.05, 3.63) is 83.2 Å². The van der Waals surface area contributed by atoms with E-state index in [-0.39, 0.29) is 6.03 Å². The molecule has 6 nitrogen and oxygen atoms in total. The van der Waals surface area contributed by atoms with Crippen molar-refractivity contribution in [2.75, 3.05) is 13.2 Å². The number of hydrogen-bond acceptors (Lipinski definition) is 3. The topological polar surface area (TPSA) is 70.2 Å². The van der Waals surface area contributed by atoms with Crippen LogP contribution in [0, 0.1) is 6.92 Å². The molecule has 0 aliphatic carbocycles. The Bertz CT molecular complexity index is 1340. The minimum atomic E-state index is -0.0711. The van der Waals surface area contributed by atoms with E-state index in [1.54, 1.807) is 0 Å². The first kappa shape index (κ1) is 23.9. The summed E-state index contributed by atoms with van der Waals surface area (Å²) < 4.78 is 5.97. The summed E-state index contributed by atoms with van der Waals surface area (Å²) in [4.78, 5) is 22.7. The molecule has 6 heteroatoms. The molecule has 186 valence electrons. The maximum atomic E-state index is 13.0. The molecule has 0 unspecified atom stereocenters. The van der Waals surface area contributed by atoms with Gasteiger partial charge >= 0.3 is 6.03 Å². The number of carbonyl (C=O) groups excluding carboxylic acids is 1. The van der Waals surface area contributed by atoms with Crippen LogP contribution in [0.2, 0.25) is 0 Å². The van der Waals surface area contributed by atoms with Gasteiger partial charge in [0.05, 0.1) is 24.1 Å². The number of benzene rings is 3. The summed E-state index contributed by atoms with van der Waals surface area (Å²) in [5.41, 5.74) is 7.66. The second-order valence-corrected chi connectivity index (χ2v) is 9.58. The van der Waals surface area contributed by atoms with E-state index in [2.05, 4.69) is 70.7 Å². The fourth-order valence-corrected chi connectivity index (χ4v) is 4.76. The van der Waals surface area contributed by atoms with E-state index in [1.807, 2.05) is 24.0 Å². The Kier molecular flexibility index (Phi) is 7.21. The second kappa shape index (κ2) is 10.9. The Balaban J connectivity index is 1.24. The molecule has 4 aromatic rings. The van der Waals surface area contributed by atoms with Crippen LogP contribution in [0.1, 0.15) is 48.7 Å². The number of unbranched alkanes of at least 4 members (excludes halogenated alkanes) is 2. The Hall–Kier alpha value is -3.80. The van der Waals surface area contributed by atoms with Crippen LogP contribution in [0.3, 0.4) is 0 Å². The van der Waals surface area contributed by atoms with Crippen LogP contribution in [0.4, 0.5) is 4.79 Å². The lowest BCUT2D eigenvalue weighted by Gasteiger charge is -2.20. The number of H-pyrrole nitrogens is 1. The Morgan fingerprint density at radius 3 is 2.64 bits per heavy atom. The molecule has 0 radical (unpaired) electrons. The van der Waals surface area contributed by atoms with Gasteiger partial charge in [0.2, 0.25) is 0 Å². The van der Waals surface area contributed by atoms with Gasteiger partial charge in [0.25, 0.3) is 0 Å². The van der Waals surface area contributed by atoms with Crippen molar-refractivity contribution in [2.45, 2.75) is 52.6 Å². The monoisotopic (exact) mass is 482 g/mol. The molecule has 1 aromatic heterocycles. The fraction of sp³-hybridized carbons (Fsp3) is 0.333. The van der Waals surface area contributed by atoms with Crippen molar-refractivity contribution in [1.82, 2.24) is 20.2 Å². The number of nitrogens with zero attached hydrogens (tertiary/aromatic N) is 2. The number of hydrogen-bond donors (Lipinski definition) is 2. The molecule has 0 saturated heterocycles. The third kappa shape index (κ3) is 5.54. The highest BCUT2D eigenvalue weighted by Crippen LogP contribution is 2.30. The van der Waals surface area contributed by atoms with E-state index < -0.39 is 0 Å². The van der Waals surface area contributed by atoms with Gasteiger partial charge in [-0.1, -0.05) is 56.2 Å². The molecule has 36 heavy (non-hydrogen) atoms. The van der Waals surface area contributed by atoms with Crippen LogP contribution < -0.4 is 10.1 Å².